The van der Waals surface area contributed by atoms with E-state index in [1.54, 1.807) is 30.3 Å². The number of carbonyl (C=O) groups is 1. The largest absolute Gasteiger partial charge is 0.459 e. The number of aromatic nitrogens is 3. The lowest BCUT2D eigenvalue weighted by Gasteiger charge is -2.15. The molecule has 0 unspecified atom stereocenters. The van der Waals surface area contributed by atoms with E-state index in [1.165, 1.54) is 0 Å². The first-order valence-corrected chi connectivity index (χ1v) is 7.42. The van der Waals surface area contributed by atoms with E-state index in [4.69, 9.17) is 15.2 Å². The fourth-order valence-corrected chi connectivity index (χ4v) is 2.42. The predicted molar refractivity (Wildman–Crippen MR) is 83.4 cm³/mol. The van der Waals surface area contributed by atoms with Gasteiger partial charge in [-0.3, -0.25) is 0 Å². The van der Waals surface area contributed by atoms with Gasteiger partial charge >= 0.3 is 11.7 Å². The fourth-order valence-electron chi connectivity index (χ4n) is 2.42. The highest BCUT2D eigenvalue weighted by molar-refractivity contribution is 5.89. The highest BCUT2D eigenvalue weighted by atomic mass is 16.6. The summed E-state index contributed by atoms with van der Waals surface area (Å²) in [5.74, 6) is -0.679. The summed E-state index contributed by atoms with van der Waals surface area (Å²) in [6, 6.07) is 8.28. The number of aliphatic hydroxyl groups excluding tert-OH is 2. The standard InChI is InChI=1S/C15H16N4O6/c16-10-6-17-19(15(23)18-10)13-12(21)11(20)9(25-13)7-24-14(22)8-4-2-1-3-5-8/h1-6,9,11-13,20-21H,7H2,(H2,16,18,23)/t9-,11-,12-,13+/m0/s1. The second-order valence-electron chi connectivity index (χ2n) is 5.42. The van der Waals surface area contributed by atoms with Gasteiger partial charge in [-0.2, -0.15) is 14.8 Å². The lowest BCUT2D eigenvalue weighted by atomic mass is 10.1. The predicted octanol–water partition coefficient (Wildman–Crippen LogP) is -1.30. The SMILES string of the molecule is Nc1cnn([C@@H]2O[C@@H](COC(=O)c3ccccc3)[C@H](O)[C@@H]2O)c(=O)n1. The number of aliphatic hydroxyl groups is 2. The Kier molecular flexibility index (Phi) is 4.74. The van der Waals surface area contributed by atoms with Gasteiger partial charge in [0.15, 0.2) is 6.23 Å². The summed E-state index contributed by atoms with van der Waals surface area (Å²) in [6.07, 6.45) is -4.00. The van der Waals surface area contributed by atoms with Crippen LogP contribution in [0, 0.1) is 0 Å². The van der Waals surface area contributed by atoms with Crippen molar-refractivity contribution in [1.82, 2.24) is 14.8 Å². The van der Waals surface area contributed by atoms with Crippen molar-refractivity contribution in [3.8, 4) is 0 Å². The molecule has 1 aromatic carbocycles. The zero-order valence-corrected chi connectivity index (χ0v) is 12.9. The van der Waals surface area contributed by atoms with Crippen LogP contribution in [0.25, 0.3) is 0 Å². The molecule has 10 nitrogen and oxygen atoms in total. The maximum absolute atomic E-state index is 11.9. The number of ether oxygens (including phenoxy) is 2. The first-order chi connectivity index (χ1) is 12.0. The van der Waals surface area contributed by atoms with Crippen molar-refractivity contribution in [3.63, 3.8) is 0 Å². The van der Waals surface area contributed by atoms with Crippen molar-refractivity contribution in [2.75, 3.05) is 12.3 Å². The molecule has 0 saturated carbocycles. The first-order valence-electron chi connectivity index (χ1n) is 7.42. The lowest BCUT2D eigenvalue weighted by Crippen LogP contribution is -2.37. The Hall–Kier alpha value is -2.82. The summed E-state index contributed by atoms with van der Waals surface area (Å²) in [7, 11) is 0. The number of anilines is 1. The zero-order valence-electron chi connectivity index (χ0n) is 12.9. The third kappa shape index (κ3) is 3.50. The monoisotopic (exact) mass is 348 g/mol. The topological polar surface area (TPSA) is 150 Å². The van der Waals surface area contributed by atoms with Crippen molar-refractivity contribution >= 4 is 11.8 Å². The van der Waals surface area contributed by atoms with E-state index >= 15 is 0 Å². The van der Waals surface area contributed by atoms with Crippen LogP contribution in [0.5, 0.6) is 0 Å². The van der Waals surface area contributed by atoms with Crippen molar-refractivity contribution < 1.29 is 24.5 Å². The Morgan fingerprint density at radius 2 is 2.00 bits per heavy atom. The van der Waals surface area contributed by atoms with Crippen LogP contribution < -0.4 is 11.4 Å². The minimum atomic E-state index is -1.45. The minimum Gasteiger partial charge on any atom is -0.459 e. The summed E-state index contributed by atoms with van der Waals surface area (Å²) < 4.78 is 11.3. The molecule has 4 N–H and O–H groups in total. The van der Waals surface area contributed by atoms with Gasteiger partial charge in [0.25, 0.3) is 0 Å². The summed E-state index contributed by atoms with van der Waals surface area (Å²) in [5.41, 5.74) is 4.86. The molecule has 10 heteroatoms. The molecule has 1 fully saturated rings. The van der Waals surface area contributed by atoms with E-state index in [0.29, 0.717) is 5.56 Å². The Morgan fingerprint density at radius 3 is 2.68 bits per heavy atom. The number of nitrogens with zero attached hydrogens (tertiary/aromatic N) is 3. The molecule has 1 aromatic heterocycles. The number of benzene rings is 1. The highest BCUT2D eigenvalue weighted by Gasteiger charge is 2.45. The van der Waals surface area contributed by atoms with Gasteiger partial charge in [0, 0.05) is 0 Å². The molecular weight excluding hydrogens is 332 g/mol. The van der Waals surface area contributed by atoms with Gasteiger partial charge in [0.1, 0.15) is 30.7 Å². The van der Waals surface area contributed by atoms with E-state index in [2.05, 4.69) is 10.1 Å². The van der Waals surface area contributed by atoms with Gasteiger partial charge in [0.05, 0.1) is 11.8 Å². The summed E-state index contributed by atoms with van der Waals surface area (Å²) >= 11 is 0. The average Bonchev–Trinajstić information content (AvgIpc) is 2.89. The van der Waals surface area contributed by atoms with Crippen molar-refractivity contribution in [2.24, 2.45) is 0 Å². The first kappa shape index (κ1) is 17.0. The molecule has 4 atom stereocenters. The molecule has 0 bridgehead atoms. The quantitative estimate of drug-likeness (QED) is 0.573. The van der Waals surface area contributed by atoms with Crippen LogP contribution in [0.15, 0.2) is 41.3 Å². The van der Waals surface area contributed by atoms with Gasteiger partial charge in [0.2, 0.25) is 0 Å². The summed E-state index contributed by atoms with van der Waals surface area (Å²) in [4.78, 5) is 27.2. The van der Waals surface area contributed by atoms with E-state index in [1.807, 2.05) is 0 Å². The molecule has 0 amide bonds. The fraction of sp³-hybridized carbons (Fsp3) is 0.333. The van der Waals surface area contributed by atoms with E-state index in [-0.39, 0.29) is 12.4 Å². The number of hydrogen-bond donors (Lipinski definition) is 3. The zero-order chi connectivity index (χ0) is 18.0. The Morgan fingerprint density at radius 1 is 1.28 bits per heavy atom. The molecule has 2 aromatic rings. The summed E-state index contributed by atoms with van der Waals surface area (Å²) in [5, 5.41) is 23.9. The van der Waals surface area contributed by atoms with Crippen LogP contribution in [0.2, 0.25) is 0 Å². The van der Waals surface area contributed by atoms with Gasteiger partial charge in [-0.15, -0.1) is 0 Å². The second kappa shape index (κ2) is 6.97. The number of rotatable bonds is 4. The molecule has 1 saturated heterocycles. The van der Waals surface area contributed by atoms with E-state index < -0.39 is 36.2 Å². The number of nitrogen functional groups attached to an aromatic ring is 1. The second-order valence-corrected chi connectivity index (χ2v) is 5.42. The minimum absolute atomic E-state index is 0.0809. The number of hydrogen-bond acceptors (Lipinski definition) is 9. The normalized spacial score (nSPS) is 25.7. The Labute approximate surface area is 141 Å². The molecule has 2 heterocycles. The van der Waals surface area contributed by atoms with Gasteiger partial charge in [-0.25, -0.2) is 9.59 Å². The molecule has 1 aliphatic rings. The average molecular weight is 348 g/mol. The van der Waals surface area contributed by atoms with Crippen LogP contribution in [0.4, 0.5) is 5.82 Å². The van der Waals surface area contributed by atoms with Crippen LogP contribution in [0.3, 0.4) is 0 Å². The molecule has 1 aliphatic heterocycles. The molecule has 0 aliphatic carbocycles. The summed E-state index contributed by atoms with van der Waals surface area (Å²) in [6.45, 7) is -0.306. The van der Waals surface area contributed by atoms with E-state index in [0.717, 1.165) is 10.9 Å². The molecule has 132 valence electrons. The van der Waals surface area contributed by atoms with Gasteiger partial charge < -0.3 is 25.4 Å². The van der Waals surface area contributed by atoms with E-state index in [9.17, 15) is 19.8 Å². The number of nitrogens with two attached hydrogens (primary N) is 1. The van der Waals surface area contributed by atoms with Crippen LogP contribution in [-0.4, -0.2) is 55.9 Å². The maximum atomic E-state index is 11.9. The van der Waals surface area contributed by atoms with Crippen LogP contribution in [-0.2, 0) is 9.47 Å². The van der Waals surface area contributed by atoms with Crippen LogP contribution in [0.1, 0.15) is 16.6 Å². The smallest absolute Gasteiger partial charge is 0.368 e. The van der Waals surface area contributed by atoms with Crippen LogP contribution >= 0.6 is 0 Å². The molecule has 3 rings (SSSR count). The molecule has 0 radical (unpaired) electrons. The number of carbonyl (C=O) groups excluding carboxylic acids is 1. The maximum Gasteiger partial charge on any atom is 0.368 e. The Bertz CT molecular complexity index is 811. The van der Waals surface area contributed by atoms with Crippen molar-refractivity contribution in [1.29, 1.82) is 0 Å². The van der Waals surface area contributed by atoms with Gasteiger partial charge in [-0.05, 0) is 12.1 Å². The molecule has 0 spiro atoms. The number of esters is 1. The molecule has 25 heavy (non-hydrogen) atoms. The van der Waals surface area contributed by atoms with Crippen molar-refractivity contribution in [3.05, 3.63) is 52.6 Å². The molecular formula is C15H16N4O6. The highest BCUT2D eigenvalue weighted by Crippen LogP contribution is 2.28. The third-order valence-electron chi connectivity index (χ3n) is 3.70. The van der Waals surface area contributed by atoms with Crippen molar-refractivity contribution in [2.45, 2.75) is 24.5 Å². The Balaban J connectivity index is 1.68. The lowest BCUT2D eigenvalue weighted by molar-refractivity contribution is -0.0657. The van der Waals surface area contributed by atoms with Gasteiger partial charge in [-0.1, -0.05) is 18.2 Å². The third-order valence-corrected chi connectivity index (χ3v) is 3.70.